The number of fused-ring (bicyclic) bond motifs is 2. The van der Waals surface area contributed by atoms with E-state index in [1.165, 1.54) is 25.7 Å². The van der Waals surface area contributed by atoms with Crippen molar-refractivity contribution in [3.8, 4) is 11.8 Å². The number of rotatable bonds is 3. The summed E-state index contributed by atoms with van der Waals surface area (Å²) < 4.78 is 0. The summed E-state index contributed by atoms with van der Waals surface area (Å²) in [5.74, 6) is 6.02. The fourth-order valence-corrected chi connectivity index (χ4v) is 3.27. The zero-order valence-corrected chi connectivity index (χ0v) is 10.4. The lowest BCUT2D eigenvalue weighted by molar-refractivity contribution is 0.0973. The van der Waals surface area contributed by atoms with Crippen LogP contribution in [-0.4, -0.2) is 42.7 Å². The van der Waals surface area contributed by atoms with Gasteiger partial charge >= 0.3 is 0 Å². The third-order valence-electron chi connectivity index (χ3n) is 4.36. The molecule has 3 nitrogen and oxygen atoms in total. The molecule has 0 aromatic carbocycles. The molecule has 0 aliphatic carbocycles. The summed E-state index contributed by atoms with van der Waals surface area (Å²) in [4.78, 5) is 2.54. The van der Waals surface area contributed by atoms with Crippen molar-refractivity contribution in [1.29, 1.82) is 0 Å². The van der Waals surface area contributed by atoms with Crippen LogP contribution in [0.2, 0.25) is 0 Å². The van der Waals surface area contributed by atoms with Gasteiger partial charge in [-0.1, -0.05) is 5.92 Å². The van der Waals surface area contributed by atoms with Gasteiger partial charge in [-0.05, 0) is 39.7 Å². The first-order valence-electron chi connectivity index (χ1n) is 6.27. The third-order valence-corrected chi connectivity index (χ3v) is 4.36. The van der Waals surface area contributed by atoms with E-state index in [0.29, 0.717) is 0 Å². The zero-order valence-electron chi connectivity index (χ0n) is 10.4. The molecule has 3 N–H and O–H groups in total. The molecule has 16 heavy (non-hydrogen) atoms. The zero-order chi connectivity index (χ0) is 11.6. The molecule has 0 aromatic rings. The average molecular weight is 221 g/mol. The first kappa shape index (κ1) is 11.9. The minimum absolute atomic E-state index is 0.141. The Morgan fingerprint density at radius 2 is 2.00 bits per heavy atom. The Morgan fingerprint density at radius 1 is 1.38 bits per heavy atom. The van der Waals surface area contributed by atoms with Crippen LogP contribution < -0.4 is 11.1 Å². The topological polar surface area (TPSA) is 41.3 Å². The largest absolute Gasteiger partial charge is 0.329 e. The van der Waals surface area contributed by atoms with Gasteiger partial charge in [-0.3, -0.25) is 5.32 Å². The lowest BCUT2D eigenvalue weighted by Crippen LogP contribution is -2.60. The molecule has 90 valence electrons. The molecule has 0 amide bonds. The van der Waals surface area contributed by atoms with E-state index < -0.39 is 0 Å². The van der Waals surface area contributed by atoms with Gasteiger partial charge in [0.05, 0.1) is 6.54 Å². The highest BCUT2D eigenvalue weighted by Gasteiger charge is 2.45. The van der Waals surface area contributed by atoms with Gasteiger partial charge in [0.25, 0.3) is 0 Å². The van der Waals surface area contributed by atoms with E-state index in [-0.39, 0.29) is 5.54 Å². The fourth-order valence-electron chi connectivity index (χ4n) is 3.27. The number of hydrogen-bond donors (Lipinski definition) is 2. The fraction of sp³-hybridized carbons (Fsp3) is 0.846. The van der Waals surface area contributed by atoms with Crippen molar-refractivity contribution in [2.45, 2.75) is 50.2 Å². The number of nitrogens with zero attached hydrogens (tertiary/aromatic N) is 1. The summed E-state index contributed by atoms with van der Waals surface area (Å²) in [5, 5.41) is 3.58. The molecule has 2 bridgehead atoms. The highest BCUT2D eigenvalue weighted by molar-refractivity contribution is 5.08. The third kappa shape index (κ3) is 2.10. The van der Waals surface area contributed by atoms with E-state index in [1.807, 2.05) is 6.92 Å². The van der Waals surface area contributed by atoms with Gasteiger partial charge in [0.1, 0.15) is 0 Å². The Hall–Kier alpha value is -0.560. The molecule has 0 saturated carbocycles. The maximum absolute atomic E-state index is 5.99. The van der Waals surface area contributed by atoms with Gasteiger partial charge in [-0.15, -0.1) is 5.92 Å². The number of nitrogens with two attached hydrogens (primary N) is 1. The molecule has 3 heteroatoms. The summed E-state index contributed by atoms with van der Waals surface area (Å²) in [6.45, 7) is 3.39. The second-order valence-corrected chi connectivity index (χ2v) is 5.22. The molecular weight excluding hydrogens is 198 g/mol. The number of hydrogen-bond acceptors (Lipinski definition) is 3. The van der Waals surface area contributed by atoms with E-state index in [1.54, 1.807) is 0 Å². The van der Waals surface area contributed by atoms with Crippen LogP contribution in [0, 0.1) is 11.8 Å². The molecule has 2 aliphatic rings. The van der Waals surface area contributed by atoms with Crippen molar-refractivity contribution >= 4 is 0 Å². The normalized spacial score (nSPS) is 38.2. The van der Waals surface area contributed by atoms with Gasteiger partial charge in [0, 0.05) is 24.2 Å². The molecule has 2 heterocycles. The second kappa shape index (κ2) is 4.75. The van der Waals surface area contributed by atoms with Crippen LogP contribution in [0.5, 0.6) is 0 Å². The van der Waals surface area contributed by atoms with Crippen molar-refractivity contribution in [2.24, 2.45) is 5.73 Å². The highest BCUT2D eigenvalue weighted by Crippen LogP contribution is 2.39. The Morgan fingerprint density at radius 3 is 2.50 bits per heavy atom. The summed E-state index contributed by atoms with van der Waals surface area (Å²) in [5.41, 5.74) is 6.13. The lowest BCUT2D eigenvalue weighted by atomic mass is 9.83. The molecule has 0 spiro atoms. The van der Waals surface area contributed by atoms with E-state index in [2.05, 4.69) is 29.1 Å². The molecule has 0 radical (unpaired) electrons. The van der Waals surface area contributed by atoms with Crippen molar-refractivity contribution in [2.75, 3.05) is 20.1 Å². The van der Waals surface area contributed by atoms with E-state index in [4.69, 9.17) is 5.73 Å². The lowest BCUT2D eigenvalue weighted by Gasteiger charge is -2.45. The Kier molecular flexibility index (Phi) is 3.53. The Balaban J connectivity index is 2.02. The minimum Gasteiger partial charge on any atom is -0.329 e. The summed E-state index contributed by atoms with van der Waals surface area (Å²) in [6, 6.07) is 1.45. The number of piperidine rings is 1. The maximum Gasteiger partial charge on any atom is 0.0581 e. The van der Waals surface area contributed by atoms with E-state index in [9.17, 15) is 0 Å². The maximum atomic E-state index is 5.99. The first-order valence-corrected chi connectivity index (χ1v) is 6.27. The van der Waals surface area contributed by atoms with Crippen LogP contribution in [0.4, 0.5) is 0 Å². The second-order valence-electron chi connectivity index (χ2n) is 5.22. The van der Waals surface area contributed by atoms with Crippen molar-refractivity contribution in [1.82, 2.24) is 10.2 Å². The van der Waals surface area contributed by atoms with Crippen molar-refractivity contribution < 1.29 is 0 Å². The van der Waals surface area contributed by atoms with Crippen LogP contribution >= 0.6 is 0 Å². The van der Waals surface area contributed by atoms with Crippen LogP contribution in [-0.2, 0) is 0 Å². The quantitative estimate of drug-likeness (QED) is 0.684. The monoisotopic (exact) mass is 221 g/mol. The van der Waals surface area contributed by atoms with Gasteiger partial charge in [-0.25, -0.2) is 0 Å². The van der Waals surface area contributed by atoms with Crippen LogP contribution in [0.15, 0.2) is 0 Å². The molecule has 2 unspecified atom stereocenters. The molecule has 2 atom stereocenters. The average Bonchev–Trinajstić information content (AvgIpc) is 2.54. The molecular formula is C13H23N3. The smallest absolute Gasteiger partial charge is 0.0581 e. The summed E-state index contributed by atoms with van der Waals surface area (Å²) in [6.07, 6.45) is 5.04. The first-order chi connectivity index (χ1) is 7.71. The molecule has 0 aromatic heterocycles. The number of nitrogens with one attached hydrogen (secondary N) is 1. The summed E-state index contributed by atoms with van der Waals surface area (Å²) >= 11 is 0. The Labute approximate surface area is 98.8 Å². The van der Waals surface area contributed by atoms with E-state index >= 15 is 0 Å². The van der Waals surface area contributed by atoms with Crippen molar-refractivity contribution in [3.63, 3.8) is 0 Å². The van der Waals surface area contributed by atoms with E-state index in [0.717, 1.165) is 25.2 Å². The van der Waals surface area contributed by atoms with Crippen LogP contribution in [0.1, 0.15) is 32.6 Å². The van der Waals surface area contributed by atoms with Gasteiger partial charge in [0.2, 0.25) is 0 Å². The highest BCUT2D eigenvalue weighted by atomic mass is 15.2. The van der Waals surface area contributed by atoms with Gasteiger partial charge in [-0.2, -0.15) is 0 Å². The van der Waals surface area contributed by atoms with Crippen LogP contribution in [0.3, 0.4) is 0 Å². The van der Waals surface area contributed by atoms with Gasteiger partial charge < -0.3 is 10.6 Å². The summed E-state index contributed by atoms with van der Waals surface area (Å²) in [7, 11) is 2.26. The molecule has 2 fully saturated rings. The van der Waals surface area contributed by atoms with Crippen molar-refractivity contribution in [3.05, 3.63) is 0 Å². The molecule has 2 rings (SSSR count). The predicted octanol–water partition coefficient (Wildman–Crippen LogP) is 0.553. The van der Waals surface area contributed by atoms with Crippen LogP contribution in [0.25, 0.3) is 0 Å². The molecule has 2 aliphatic heterocycles. The van der Waals surface area contributed by atoms with Gasteiger partial charge in [0.15, 0.2) is 0 Å². The standard InChI is InChI=1S/C13H23N3/c1-3-4-7-15-13(10-14)8-11-5-6-12(9-13)16(11)2/h11-12,15H,5-10,14H2,1-2H3. The molecule has 2 saturated heterocycles. The predicted molar refractivity (Wildman–Crippen MR) is 67.0 cm³/mol. The SMILES string of the molecule is CC#CCNC1(CN)CC2CCC(C1)N2C. The minimum atomic E-state index is 0.141. The Bertz CT molecular complexity index is 288.